The monoisotopic (exact) mass is 434 g/mol. The van der Waals surface area contributed by atoms with Crippen LogP contribution in [0.5, 0.6) is 0 Å². The average molecular weight is 435 g/mol. The summed E-state index contributed by atoms with van der Waals surface area (Å²) in [5.41, 5.74) is 3.77. The van der Waals surface area contributed by atoms with Crippen LogP contribution in [0.25, 0.3) is 21.5 Å². The number of benzene rings is 2. The molecule has 30 heavy (non-hydrogen) atoms. The van der Waals surface area contributed by atoms with E-state index >= 15 is 0 Å². The van der Waals surface area contributed by atoms with Gasteiger partial charge in [0.15, 0.2) is 5.16 Å². The van der Waals surface area contributed by atoms with Crippen LogP contribution in [0.1, 0.15) is 23.7 Å². The van der Waals surface area contributed by atoms with Crippen molar-refractivity contribution in [1.82, 2.24) is 19.9 Å². The van der Waals surface area contributed by atoms with Gasteiger partial charge in [-0.1, -0.05) is 54.2 Å². The first kappa shape index (κ1) is 20.5. The predicted octanol–water partition coefficient (Wildman–Crippen LogP) is 5.37. The van der Waals surface area contributed by atoms with Gasteiger partial charge in [-0.2, -0.15) is 0 Å². The van der Waals surface area contributed by atoms with Crippen LogP contribution >= 0.6 is 23.1 Å². The van der Waals surface area contributed by atoms with Crippen LogP contribution in [-0.2, 0) is 4.79 Å². The van der Waals surface area contributed by atoms with Gasteiger partial charge in [0.25, 0.3) is 0 Å². The van der Waals surface area contributed by atoms with E-state index in [2.05, 4.69) is 21.0 Å². The van der Waals surface area contributed by atoms with Gasteiger partial charge in [-0.15, -0.1) is 11.3 Å². The Kier molecular flexibility index (Phi) is 6.11. The number of carbonyl (C=O) groups is 1. The highest BCUT2D eigenvalue weighted by molar-refractivity contribution is 7.99. The molecule has 0 fully saturated rings. The number of thioether (sulfide) groups is 1. The summed E-state index contributed by atoms with van der Waals surface area (Å²) in [6, 6.07) is 19.9. The van der Waals surface area contributed by atoms with E-state index in [-0.39, 0.29) is 17.7 Å². The Balaban J connectivity index is 1.44. The summed E-state index contributed by atoms with van der Waals surface area (Å²) in [4.78, 5) is 28.4. The van der Waals surface area contributed by atoms with Gasteiger partial charge in [0.2, 0.25) is 5.91 Å². The van der Waals surface area contributed by atoms with Crippen molar-refractivity contribution in [2.75, 3.05) is 12.8 Å². The molecule has 2 heterocycles. The summed E-state index contributed by atoms with van der Waals surface area (Å²) in [6.07, 6.45) is 0. The fourth-order valence-corrected chi connectivity index (χ4v) is 4.93. The van der Waals surface area contributed by atoms with Crippen LogP contribution in [-0.4, -0.2) is 38.6 Å². The zero-order valence-electron chi connectivity index (χ0n) is 17.1. The van der Waals surface area contributed by atoms with E-state index in [1.165, 1.54) is 11.8 Å². The SMILES string of the molecule is Cc1cc(-c2ccccc2)nc(SCC(=O)N(C)[C@@H](C)c2nc3ccccc3s2)n1. The van der Waals surface area contributed by atoms with Crippen molar-refractivity contribution in [2.45, 2.75) is 25.0 Å². The molecule has 0 aliphatic heterocycles. The van der Waals surface area contributed by atoms with Crippen molar-refractivity contribution in [3.05, 3.63) is 71.4 Å². The van der Waals surface area contributed by atoms with Gasteiger partial charge in [-0.25, -0.2) is 15.0 Å². The third kappa shape index (κ3) is 4.52. The highest BCUT2D eigenvalue weighted by Crippen LogP contribution is 2.29. The molecular formula is C23H22N4OS2. The lowest BCUT2D eigenvalue weighted by Gasteiger charge is -2.23. The van der Waals surface area contributed by atoms with E-state index in [1.807, 2.05) is 75.5 Å². The van der Waals surface area contributed by atoms with Crippen molar-refractivity contribution in [3.63, 3.8) is 0 Å². The molecule has 1 atom stereocenters. The maximum atomic E-state index is 12.8. The van der Waals surface area contributed by atoms with Gasteiger partial charge >= 0.3 is 0 Å². The minimum absolute atomic E-state index is 0.0260. The zero-order chi connectivity index (χ0) is 21.1. The predicted molar refractivity (Wildman–Crippen MR) is 124 cm³/mol. The molecular weight excluding hydrogens is 412 g/mol. The fraction of sp³-hybridized carbons (Fsp3) is 0.217. The molecule has 0 aliphatic carbocycles. The topological polar surface area (TPSA) is 59.0 Å². The first-order valence-electron chi connectivity index (χ1n) is 9.66. The average Bonchev–Trinajstić information content (AvgIpc) is 3.21. The molecule has 2 aromatic carbocycles. The van der Waals surface area contributed by atoms with E-state index in [9.17, 15) is 4.79 Å². The minimum Gasteiger partial charge on any atom is -0.336 e. The van der Waals surface area contributed by atoms with Gasteiger partial charge < -0.3 is 4.90 Å². The van der Waals surface area contributed by atoms with Crippen molar-refractivity contribution in [2.24, 2.45) is 0 Å². The molecule has 0 N–H and O–H groups in total. The molecule has 2 aromatic heterocycles. The normalized spacial score (nSPS) is 12.1. The molecule has 0 spiro atoms. The number of thiazole rings is 1. The summed E-state index contributed by atoms with van der Waals surface area (Å²) in [6.45, 7) is 3.96. The van der Waals surface area contributed by atoms with Gasteiger partial charge in [0.05, 0.1) is 27.7 Å². The van der Waals surface area contributed by atoms with Crippen molar-refractivity contribution < 1.29 is 4.79 Å². The summed E-state index contributed by atoms with van der Waals surface area (Å²) >= 11 is 3.00. The van der Waals surface area contributed by atoms with Crippen LogP contribution in [0.4, 0.5) is 0 Å². The third-order valence-electron chi connectivity index (χ3n) is 4.87. The Labute approximate surface area is 184 Å². The van der Waals surface area contributed by atoms with Crippen LogP contribution in [0.3, 0.4) is 0 Å². The maximum Gasteiger partial charge on any atom is 0.233 e. The number of aromatic nitrogens is 3. The van der Waals surface area contributed by atoms with Gasteiger partial charge in [0, 0.05) is 18.3 Å². The fourth-order valence-electron chi connectivity index (χ4n) is 3.04. The van der Waals surface area contributed by atoms with Crippen LogP contribution in [0.15, 0.2) is 65.8 Å². The van der Waals surface area contributed by atoms with Gasteiger partial charge in [-0.05, 0) is 32.0 Å². The number of para-hydroxylation sites is 1. The number of fused-ring (bicyclic) bond motifs is 1. The summed E-state index contributed by atoms with van der Waals surface area (Å²) in [5.74, 6) is 0.307. The quantitative estimate of drug-likeness (QED) is 0.301. The lowest BCUT2D eigenvalue weighted by atomic mass is 10.1. The Hall–Kier alpha value is -2.77. The molecule has 4 aromatic rings. The molecule has 4 rings (SSSR count). The highest BCUT2D eigenvalue weighted by Gasteiger charge is 2.21. The number of rotatable bonds is 6. The molecule has 0 aliphatic rings. The molecule has 5 nitrogen and oxygen atoms in total. The summed E-state index contributed by atoms with van der Waals surface area (Å²) < 4.78 is 1.14. The van der Waals surface area contributed by atoms with Crippen LogP contribution in [0.2, 0.25) is 0 Å². The van der Waals surface area contributed by atoms with Crippen LogP contribution < -0.4 is 0 Å². The number of carbonyl (C=O) groups excluding carboxylic acids is 1. The van der Waals surface area contributed by atoms with E-state index < -0.39 is 0 Å². The standard InChI is InChI=1S/C23H22N4OS2/c1-15-13-19(17-9-5-4-6-10-17)26-23(24-15)29-14-21(28)27(3)16(2)22-25-18-11-7-8-12-20(18)30-22/h4-13,16H,14H2,1-3H3/t16-/m0/s1. The lowest BCUT2D eigenvalue weighted by Crippen LogP contribution is -2.31. The van der Waals surface area contributed by atoms with Crippen molar-refractivity contribution in [3.8, 4) is 11.3 Å². The Bertz CT molecular complexity index is 1140. The van der Waals surface area contributed by atoms with Gasteiger partial charge in [0.1, 0.15) is 5.01 Å². The molecule has 0 unspecified atom stereocenters. The third-order valence-corrected chi connectivity index (χ3v) is 6.91. The molecule has 1 amide bonds. The lowest BCUT2D eigenvalue weighted by molar-refractivity contribution is -0.128. The second-order valence-corrected chi connectivity index (χ2v) is 9.04. The molecule has 152 valence electrons. The molecule has 7 heteroatoms. The second kappa shape index (κ2) is 8.93. The largest absolute Gasteiger partial charge is 0.336 e. The van der Waals surface area contributed by atoms with Crippen LogP contribution in [0, 0.1) is 6.92 Å². The van der Waals surface area contributed by atoms with E-state index in [4.69, 9.17) is 0 Å². The van der Waals surface area contributed by atoms with Crippen molar-refractivity contribution >= 4 is 39.2 Å². The number of aryl methyl sites for hydroxylation is 1. The Morgan fingerprint density at radius 2 is 1.80 bits per heavy atom. The first-order valence-corrected chi connectivity index (χ1v) is 11.5. The summed E-state index contributed by atoms with van der Waals surface area (Å²) in [5, 5.41) is 1.55. The Morgan fingerprint density at radius 1 is 1.07 bits per heavy atom. The second-order valence-electron chi connectivity index (χ2n) is 7.03. The molecule has 0 radical (unpaired) electrons. The molecule has 0 saturated carbocycles. The smallest absolute Gasteiger partial charge is 0.233 e. The van der Waals surface area contributed by atoms with E-state index in [1.54, 1.807) is 16.2 Å². The van der Waals surface area contributed by atoms with Gasteiger partial charge in [-0.3, -0.25) is 4.79 Å². The van der Waals surface area contributed by atoms with E-state index in [0.29, 0.717) is 5.16 Å². The van der Waals surface area contributed by atoms with E-state index in [0.717, 1.165) is 32.2 Å². The molecule has 0 saturated heterocycles. The first-order chi connectivity index (χ1) is 14.5. The minimum atomic E-state index is -0.0891. The molecule has 0 bridgehead atoms. The number of amides is 1. The maximum absolute atomic E-state index is 12.8. The summed E-state index contributed by atoms with van der Waals surface area (Å²) in [7, 11) is 1.83. The Morgan fingerprint density at radius 3 is 2.57 bits per heavy atom. The number of hydrogen-bond acceptors (Lipinski definition) is 6. The highest BCUT2D eigenvalue weighted by atomic mass is 32.2. The number of nitrogens with zero attached hydrogens (tertiary/aromatic N) is 4. The van der Waals surface area contributed by atoms with Crippen molar-refractivity contribution in [1.29, 1.82) is 0 Å². The zero-order valence-corrected chi connectivity index (χ0v) is 18.7. The number of hydrogen-bond donors (Lipinski definition) is 0.